The highest BCUT2D eigenvalue weighted by molar-refractivity contribution is 7.47. The smallest absolute Gasteiger partial charge is 0.460 e. The number of allylic oxidation sites excluding steroid dienone is 3. The lowest BCUT2D eigenvalue weighted by atomic mass is 10.1. The summed E-state index contributed by atoms with van der Waals surface area (Å²) in [4.78, 5) is 21.3. The van der Waals surface area contributed by atoms with Crippen LogP contribution in [0.3, 0.4) is 0 Å². The first-order valence-corrected chi connectivity index (χ1v) is 14.7. The van der Waals surface area contributed by atoms with Crippen molar-refractivity contribution in [2.45, 2.75) is 90.1 Å². The summed E-state index contributed by atoms with van der Waals surface area (Å²) in [5, 5.41) is 9.79. The monoisotopic (exact) mass is 520 g/mol. The lowest BCUT2D eigenvalue weighted by Gasteiger charge is -2.24. The van der Waals surface area contributed by atoms with E-state index >= 15 is 0 Å². The number of aliphatic hydroxyl groups excluding tert-OH is 1. The molecule has 1 unspecified atom stereocenters. The number of likely N-dealkylation sites (N-methyl/N-ethyl adjacent to an activating group) is 1. The van der Waals surface area contributed by atoms with Crippen molar-refractivity contribution in [3.05, 3.63) is 24.3 Å². The summed E-state index contributed by atoms with van der Waals surface area (Å²) in [7, 11) is 1.51. The van der Waals surface area contributed by atoms with Crippen molar-refractivity contribution in [2.75, 3.05) is 47.5 Å². The number of ether oxygens (including phenoxy) is 1. The minimum absolute atomic E-state index is 0.0416. The van der Waals surface area contributed by atoms with Crippen molar-refractivity contribution in [1.82, 2.24) is 0 Å². The molecule has 0 bridgehead atoms. The van der Waals surface area contributed by atoms with Gasteiger partial charge in [0.15, 0.2) is 0 Å². The molecule has 0 aliphatic rings. The summed E-state index contributed by atoms with van der Waals surface area (Å²) in [5.41, 5.74) is 0. The van der Waals surface area contributed by atoms with Crippen LogP contribution in [0.15, 0.2) is 24.3 Å². The second-order valence-corrected chi connectivity index (χ2v) is 11.5. The maximum absolute atomic E-state index is 11.8. The lowest BCUT2D eigenvalue weighted by Crippen LogP contribution is -2.37. The van der Waals surface area contributed by atoms with Crippen LogP contribution in [-0.2, 0) is 23.1 Å². The standard InChI is InChI=1S/C26H50NO7P/c1-5-6-7-8-9-10-11-12-13-14-15-16-17-18-19-20-26(29)32-23-25(28)24-34-35(30,31)33-22-21-27(2,3)4/h17-20,25,28H,5-16,21-24H2,1-4H3/p+1/b18-17+,20-19+/t25-/m0/s1. The van der Waals surface area contributed by atoms with Crippen LogP contribution in [-0.4, -0.2) is 74.1 Å². The van der Waals surface area contributed by atoms with Crippen LogP contribution in [0.1, 0.15) is 84.0 Å². The Bertz CT molecular complexity index is 632. The molecule has 0 saturated carbocycles. The molecule has 0 aliphatic carbocycles. The van der Waals surface area contributed by atoms with E-state index in [9.17, 15) is 19.4 Å². The molecule has 0 rings (SSSR count). The van der Waals surface area contributed by atoms with Gasteiger partial charge in [0, 0.05) is 6.08 Å². The van der Waals surface area contributed by atoms with Crippen LogP contribution >= 0.6 is 7.82 Å². The van der Waals surface area contributed by atoms with E-state index in [1.807, 2.05) is 33.3 Å². The summed E-state index contributed by atoms with van der Waals surface area (Å²) in [6.07, 6.45) is 21.0. The van der Waals surface area contributed by atoms with Gasteiger partial charge in [0.2, 0.25) is 0 Å². The van der Waals surface area contributed by atoms with Crippen molar-refractivity contribution in [3.63, 3.8) is 0 Å². The van der Waals surface area contributed by atoms with Gasteiger partial charge in [0.1, 0.15) is 25.9 Å². The molecule has 35 heavy (non-hydrogen) atoms. The van der Waals surface area contributed by atoms with Gasteiger partial charge >= 0.3 is 13.8 Å². The van der Waals surface area contributed by atoms with E-state index < -0.39 is 26.5 Å². The Hall–Kier alpha value is -1.02. The maximum atomic E-state index is 11.8. The third-order valence-electron chi connectivity index (χ3n) is 5.32. The number of phosphoric acid groups is 1. The second-order valence-electron chi connectivity index (χ2n) is 10.0. The van der Waals surface area contributed by atoms with E-state index in [1.165, 1.54) is 70.3 Å². The molecule has 0 fully saturated rings. The molecule has 2 N–H and O–H groups in total. The Kier molecular flexibility index (Phi) is 20.5. The zero-order valence-electron chi connectivity index (χ0n) is 22.5. The number of hydrogen-bond donors (Lipinski definition) is 2. The average Bonchev–Trinajstić information content (AvgIpc) is 2.78. The maximum Gasteiger partial charge on any atom is 0.472 e. The molecule has 0 aromatic heterocycles. The van der Waals surface area contributed by atoms with Crippen molar-refractivity contribution in [3.8, 4) is 0 Å². The first-order valence-electron chi connectivity index (χ1n) is 13.2. The van der Waals surface area contributed by atoms with Gasteiger partial charge in [0.05, 0.1) is 27.7 Å². The van der Waals surface area contributed by atoms with E-state index in [2.05, 4.69) is 6.92 Å². The molecule has 0 aromatic rings. The second kappa shape index (κ2) is 21.1. The van der Waals surface area contributed by atoms with Gasteiger partial charge in [-0.1, -0.05) is 89.4 Å². The van der Waals surface area contributed by atoms with Gasteiger partial charge in [-0.05, 0) is 12.8 Å². The van der Waals surface area contributed by atoms with Gasteiger partial charge in [-0.3, -0.25) is 9.05 Å². The predicted molar refractivity (Wildman–Crippen MR) is 141 cm³/mol. The molecule has 2 atom stereocenters. The fourth-order valence-electron chi connectivity index (χ4n) is 3.16. The van der Waals surface area contributed by atoms with Crippen LogP contribution in [0.2, 0.25) is 0 Å². The highest BCUT2D eigenvalue weighted by Crippen LogP contribution is 2.43. The van der Waals surface area contributed by atoms with E-state index in [0.29, 0.717) is 11.0 Å². The largest absolute Gasteiger partial charge is 0.472 e. The number of quaternary nitrogens is 1. The number of carbonyl (C=O) groups is 1. The van der Waals surface area contributed by atoms with E-state index in [0.717, 1.165) is 12.8 Å². The number of esters is 1. The van der Waals surface area contributed by atoms with Gasteiger partial charge in [0.25, 0.3) is 0 Å². The van der Waals surface area contributed by atoms with Crippen molar-refractivity contribution in [1.29, 1.82) is 0 Å². The average molecular weight is 521 g/mol. The zero-order chi connectivity index (χ0) is 26.4. The normalized spacial score (nSPS) is 15.0. The number of carbonyl (C=O) groups excluding carboxylic acids is 1. The van der Waals surface area contributed by atoms with Crippen LogP contribution in [0.25, 0.3) is 0 Å². The van der Waals surface area contributed by atoms with Crippen LogP contribution in [0, 0.1) is 0 Å². The first kappa shape index (κ1) is 34.0. The minimum Gasteiger partial charge on any atom is -0.460 e. The molecule has 0 spiro atoms. The number of phosphoric ester groups is 1. The van der Waals surface area contributed by atoms with Gasteiger partial charge in [-0.2, -0.15) is 0 Å². The molecule has 0 heterocycles. The van der Waals surface area contributed by atoms with E-state index in [4.69, 9.17) is 13.8 Å². The number of rotatable bonds is 23. The highest BCUT2D eigenvalue weighted by atomic mass is 31.2. The summed E-state index contributed by atoms with van der Waals surface area (Å²) in [6.45, 7) is 1.99. The van der Waals surface area contributed by atoms with Crippen molar-refractivity contribution >= 4 is 13.8 Å². The molecule has 206 valence electrons. The number of hydrogen-bond acceptors (Lipinski definition) is 6. The van der Waals surface area contributed by atoms with Crippen LogP contribution in [0.4, 0.5) is 0 Å². The summed E-state index contributed by atoms with van der Waals surface area (Å²) in [5.74, 6) is -0.602. The Morgan fingerprint density at radius 2 is 1.46 bits per heavy atom. The predicted octanol–water partition coefficient (Wildman–Crippen LogP) is 5.54. The van der Waals surface area contributed by atoms with Gasteiger partial charge < -0.3 is 19.2 Å². The van der Waals surface area contributed by atoms with Gasteiger partial charge in [-0.15, -0.1) is 0 Å². The quantitative estimate of drug-likeness (QED) is 0.0455. The van der Waals surface area contributed by atoms with E-state index in [1.54, 1.807) is 6.08 Å². The fourth-order valence-corrected chi connectivity index (χ4v) is 3.90. The third-order valence-corrected chi connectivity index (χ3v) is 6.30. The highest BCUT2D eigenvalue weighted by Gasteiger charge is 2.24. The van der Waals surface area contributed by atoms with Crippen molar-refractivity contribution in [2.24, 2.45) is 0 Å². The zero-order valence-corrected chi connectivity index (χ0v) is 23.4. The summed E-state index contributed by atoms with van der Waals surface area (Å²) in [6, 6.07) is 0. The van der Waals surface area contributed by atoms with Gasteiger partial charge in [-0.25, -0.2) is 9.36 Å². The molecule has 0 radical (unpaired) electrons. The summed E-state index contributed by atoms with van der Waals surface area (Å²) < 4.78 is 26.9. The molecular formula is C26H51NO7P+. The third kappa shape index (κ3) is 25.9. The Morgan fingerprint density at radius 3 is 2.03 bits per heavy atom. The van der Waals surface area contributed by atoms with Crippen LogP contribution < -0.4 is 0 Å². The molecular weight excluding hydrogens is 469 g/mol. The number of unbranched alkanes of at least 4 members (excludes halogenated alkanes) is 11. The van der Waals surface area contributed by atoms with E-state index in [-0.39, 0.29) is 13.2 Å². The number of aliphatic hydroxyl groups is 1. The first-order chi connectivity index (χ1) is 16.6. The Labute approximate surface area is 213 Å². The molecule has 0 saturated heterocycles. The molecule has 0 amide bonds. The minimum atomic E-state index is -4.26. The Morgan fingerprint density at radius 1 is 0.886 bits per heavy atom. The topological polar surface area (TPSA) is 102 Å². The Balaban J connectivity index is 3.72. The number of nitrogens with zero attached hydrogens (tertiary/aromatic N) is 1. The molecule has 0 aromatic carbocycles. The van der Waals surface area contributed by atoms with Crippen LogP contribution in [0.5, 0.6) is 0 Å². The van der Waals surface area contributed by atoms with Crippen molar-refractivity contribution < 1.29 is 37.6 Å². The molecule has 8 nitrogen and oxygen atoms in total. The molecule has 0 aliphatic heterocycles. The molecule has 9 heteroatoms. The summed E-state index contributed by atoms with van der Waals surface area (Å²) >= 11 is 0. The SMILES string of the molecule is CCCCCCCCCCCCC/C=C/C=C/C(=O)OC[C@H](O)COP(=O)(O)OCC[N+](C)(C)C. The fraction of sp³-hybridized carbons (Fsp3) is 0.808. The lowest BCUT2D eigenvalue weighted by molar-refractivity contribution is -0.870.